The lowest BCUT2D eigenvalue weighted by molar-refractivity contribution is -0.132. The molecule has 0 aliphatic carbocycles. The summed E-state index contributed by atoms with van der Waals surface area (Å²) in [5, 5.41) is 13.5. The SMILES string of the molecule is COc1ccc(C(C)(C)C)cc1/C(O)=C1\C(=O)C(=O)N(c2ccc(C)cc2)C1c1sccc1C. The number of hydrogen-bond acceptors (Lipinski definition) is 5. The highest BCUT2D eigenvalue weighted by Gasteiger charge is 2.48. The molecular weight excluding hydrogens is 446 g/mol. The zero-order valence-electron chi connectivity index (χ0n) is 20.3. The van der Waals surface area contributed by atoms with Crippen LogP contribution in [-0.4, -0.2) is 23.9 Å². The van der Waals surface area contributed by atoms with E-state index in [1.54, 1.807) is 6.07 Å². The first kappa shape index (κ1) is 23.8. The van der Waals surface area contributed by atoms with E-state index < -0.39 is 17.7 Å². The minimum Gasteiger partial charge on any atom is -0.507 e. The predicted octanol–water partition coefficient (Wildman–Crippen LogP) is 6.30. The average molecular weight is 476 g/mol. The van der Waals surface area contributed by atoms with Crippen LogP contribution in [-0.2, 0) is 15.0 Å². The van der Waals surface area contributed by atoms with Gasteiger partial charge in [0.15, 0.2) is 0 Å². The predicted molar refractivity (Wildman–Crippen MR) is 137 cm³/mol. The van der Waals surface area contributed by atoms with Crippen LogP contribution in [0.25, 0.3) is 5.76 Å². The summed E-state index contributed by atoms with van der Waals surface area (Å²) in [5.74, 6) is -1.16. The van der Waals surface area contributed by atoms with Crippen LogP contribution in [0.1, 0.15) is 53.9 Å². The molecule has 4 rings (SSSR count). The van der Waals surface area contributed by atoms with Crippen LogP contribution in [0.4, 0.5) is 5.69 Å². The first-order valence-electron chi connectivity index (χ1n) is 11.1. The summed E-state index contributed by atoms with van der Waals surface area (Å²) in [7, 11) is 1.52. The van der Waals surface area contributed by atoms with Crippen LogP contribution in [0.5, 0.6) is 5.75 Å². The molecule has 1 amide bonds. The van der Waals surface area contributed by atoms with Gasteiger partial charge in [-0.2, -0.15) is 0 Å². The lowest BCUT2D eigenvalue weighted by Crippen LogP contribution is -2.29. The van der Waals surface area contributed by atoms with Crippen molar-refractivity contribution in [1.29, 1.82) is 0 Å². The summed E-state index contributed by atoms with van der Waals surface area (Å²) >= 11 is 1.46. The fourth-order valence-corrected chi connectivity index (χ4v) is 5.25. The number of rotatable bonds is 4. The molecule has 1 fully saturated rings. The van der Waals surface area contributed by atoms with E-state index in [-0.39, 0.29) is 16.7 Å². The number of methoxy groups -OCH3 is 1. The van der Waals surface area contributed by atoms with Crippen molar-refractivity contribution in [3.05, 3.63) is 86.6 Å². The van der Waals surface area contributed by atoms with E-state index in [9.17, 15) is 14.7 Å². The Morgan fingerprint density at radius 3 is 2.26 bits per heavy atom. The lowest BCUT2D eigenvalue weighted by Gasteiger charge is -2.25. The molecule has 2 aromatic carbocycles. The fourth-order valence-electron chi connectivity index (χ4n) is 4.22. The van der Waals surface area contributed by atoms with Crippen molar-refractivity contribution in [3.8, 4) is 5.75 Å². The number of anilines is 1. The molecular formula is C28H29NO4S. The summed E-state index contributed by atoms with van der Waals surface area (Å²) in [6.45, 7) is 10.1. The Hall–Kier alpha value is -3.38. The van der Waals surface area contributed by atoms with Gasteiger partial charge in [-0.15, -0.1) is 11.3 Å². The number of ether oxygens (including phenoxy) is 1. The molecule has 1 aliphatic rings. The van der Waals surface area contributed by atoms with Crippen molar-refractivity contribution in [2.45, 2.75) is 46.1 Å². The van der Waals surface area contributed by atoms with Crippen LogP contribution in [0.15, 0.2) is 59.5 Å². The highest BCUT2D eigenvalue weighted by atomic mass is 32.1. The summed E-state index contributed by atoms with van der Waals surface area (Å²) in [6.07, 6.45) is 0. The first-order chi connectivity index (χ1) is 16.0. The molecule has 1 aliphatic heterocycles. The van der Waals surface area contributed by atoms with Crippen molar-refractivity contribution in [2.75, 3.05) is 12.0 Å². The molecule has 1 saturated heterocycles. The van der Waals surface area contributed by atoms with Gasteiger partial charge < -0.3 is 9.84 Å². The molecule has 5 nitrogen and oxygen atoms in total. The van der Waals surface area contributed by atoms with E-state index in [4.69, 9.17) is 4.74 Å². The average Bonchev–Trinajstić information content (AvgIpc) is 3.33. The maximum Gasteiger partial charge on any atom is 0.300 e. The number of aliphatic hydroxyl groups excluding tert-OH is 1. The maximum absolute atomic E-state index is 13.4. The van der Waals surface area contributed by atoms with Crippen molar-refractivity contribution < 1.29 is 19.4 Å². The number of Topliss-reactive ketones (excluding diaryl/α,β-unsaturated/α-hetero) is 1. The molecule has 0 bridgehead atoms. The second-order valence-corrected chi connectivity index (χ2v) is 10.6. The van der Waals surface area contributed by atoms with Gasteiger partial charge in [-0.1, -0.05) is 44.5 Å². The highest BCUT2D eigenvalue weighted by molar-refractivity contribution is 7.10. The molecule has 1 unspecified atom stereocenters. The van der Waals surface area contributed by atoms with E-state index in [0.29, 0.717) is 17.0 Å². The molecule has 0 spiro atoms. The number of thiophene rings is 1. The molecule has 3 aromatic rings. The zero-order chi connectivity index (χ0) is 24.8. The van der Waals surface area contributed by atoms with Gasteiger partial charge in [-0.05, 0) is 66.1 Å². The Balaban J connectivity index is 1.99. The first-order valence-corrected chi connectivity index (χ1v) is 12.0. The number of benzene rings is 2. The molecule has 2 heterocycles. The largest absolute Gasteiger partial charge is 0.507 e. The molecule has 0 saturated carbocycles. The van der Waals surface area contributed by atoms with E-state index in [2.05, 4.69) is 20.8 Å². The Morgan fingerprint density at radius 1 is 1.03 bits per heavy atom. The van der Waals surface area contributed by atoms with Crippen molar-refractivity contribution >= 4 is 34.5 Å². The topological polar surface area (TPSA) is 66.8 Å². The number of ketones is 1. The monoisotopic (exact) mass is 475 g/mol. The number of nitrogens with zero attached hydrogens (tertiary/aromatic N) is 1. The van der Waals surface area contributed by atoms with Gasteiger partial charge in [0.25, 0.3) is 11.7 Å². The molecule has 1 atom stereocenters. The zero-order valence-corrected chi connectivity index (χ0v) is 21.1. The molecule has 0 radical (unpaired) electrons. The van der Waals surface area contributed by atoms with Crippen LogP contribution < -0.4 is 9.64 Å². The van der Waals surface area contributed by atoms with Crippen LogP contribution in [0, 0.1) is 13.8 Å². The van der Waals surface area contributed by atoms with E-state index in [1.807, 2.05) is 61.7 Å². The fraction of sp³-hybridized carbons (Fsp3) is 0.286. The van der Waals surface area contributed by atoms with E-state index in [1.165, 1.54) is 23.3 Å². The number of amides is 1. The minimum absolute atomic E-state index is 0.0699. The quantitative estimate of drug-likeness (QED) is 0.273. The molecule has 1 aromatic heterocycles. The summed E-state index contributed by atoms with van der Waals surface area (Å²) < 4.78 is 5.53. The number of aryl methyl sites for hydroxylation is 2. The summed E-state index contributed by atoms with van der Waals surface area (Å²) in [5.41, 5.74) is 3.88. The van der Waals surface area contributed by atoms with Gasteiger partial charge in [0.2, 0.25) is 0 Å². The lowest BCUT2D eigenvalue weighted by atomic mass is 9.85. The third-order valence-electron chi connectivity index (χ3n) is 6.23. The Labute approximate surface area is 204 Å². The third-order valence-corrected chi connectivity index (χ3v) is 7.30. The van der Waals surface area contributed by atoms with Gasteiger partial charge >= 0.3 is 0 Å². The van der Waals surface area contributed by atoms with Crippen molar-refractivity contribution in [3.63, 3.8) is 0 Å². The van der Waals surface area contributed by atoms with Crippen LogP contribution in [0.2, 0.25) is 0 Å². The van der Waals surface area contributed by atoms with Gasteiger partial charge in [0, 0.05) is 10.6 Å². The number of carbonyl (C=O) groups excluding carboxylic acids is 2. The second kappa shape index (κ2) is 8.76. The number of carbonyl (C=O) groups is 2. The van der Waals surface area contributed by atoms with Crippen LogP contribution in [0.3, 0.4) is 0 Å². The Bertz CT molecular complexity index is 1290. The molecule has 176 valence electrons. The number of hydrogen-bond donors (Lipinski definition) is 1. The summed E-state index contributed by atoms with van der Waals surface area (Å²) in [6, 6.07) is 14.3. The molecule has 34 heavy (non-hydrogen) atoms. The van der Waals surface area contributed by atoms with Gasteiger partial charge in [-0.25, -0.2) is 0 Å². The van der Waals surface area contributed by atoms with Crippen molar-refractivity contribution in [2.24, 2.45) is 0 Å². The van der Waals surface area contributed by atoms with Gasteiger partial charge in [-0.3, -0.25) is 14.5 Å². The van der Waals surface area contributed by atoms with Gasteiger partial charge in [0.05, 0.1) is 18.2 Å². The Morgan fingerprint density at radius 2 is 1.71 bits per heavy atom. The Kier molecular flexibility index (Phi) is 6.13. The van der Waals surface area contributed by atoms with Crippen molar-refractivity contribution in [1.82, 2.24) is 0 Å². The third kappa shape index (κ3) is 4.03. The summed E-state index contributed by atoms with van der Waals surface area (Å²) in [4.78, 5) is 29.1. The van der Waals surface area contributed by atoms with Gasteiger partial charge in [0.1, 0.15) is 17.6 Å². The highest BCUT2D eigenvalue weighted by Crippen LogP contribution is 2.46. The maximum atomic E-state index is 13.4. The minimum atomic E-state index is -0.731. The standard InChI is InChI=1S/C28H29NO4S/c1-16-7-10-19(11-8-16)29-23(26-17(2)13-14-34-26)22(25(31)27(29)32)24(30)20-15-18(28(3,4)5)9-12-21(20)33-6/h7-15,23,30H,1-6H3/b24-22+. The second-order valence-electron chi connectivity index (χ2n) is 9.64. The van der Waals surface area contributed by atoms with Crippen LogP contribution >= 0.6 is 11.3 Å². The molecule has 1 N–H and O–H groups in total. The van der Waals surface area contributed by atoms with E-state index >= 15 is 0 Å². The number of aliphatic hydroxyl groups is 1. The smallest absolute Gasteiger partial charge is 0.300 e. The normalized spacial score (nSPS) is 17.9. The molecule has 6 heteroatoms. The van der Waals surface area contributed by atoms with E-state index in [0.717, 1.165) is 21.6 Å².